The highest BCUT2D eigenvalue weighted by Crippen LogP contribution is 2.37. The number of benzene rings is 1. The van der Waals surface area contributed by atoms with Gasteiger partial charge in [0.1, 0.15) is 29.0 Å². The average molecular weight is 537 g/mol. The fourth-order valence-corrected chi connectivity index (χ4v) is 5.77. The number of sulfone groups is 1. The van der Waals surface area contributed by atoms with Gasteiger partial charge >= 0.3 is 0 Å². The number of para-hydroxylation sites is 1. The van der Waals surface area contributed by atoms with Gasteiger partial charge in [0.25, 0.3) is 0 Å². The molecule has 0 spiro atoms. The van der Waals surface area contributed by atoms with Crippen LogP contribution in [0.5, 0.6) is 11.5 Å². The number of methoxy groups -OCH3 is 2. The lowest BCUT2D eigenvalue weighted by Gasteiger charge is -2.25. The van der Waals surface area contributed by atoms with Crippen LogP contribution in [0.25, 0.3) is 5.69 Å². The zero-order chi connectivity index (χ0) is 25.9. The number of halogens is 1. The van der Waals surface area contributed by atoms with Gasteiger partial charge in [0.2, 0.25) is 0 Å². The van der Waals surface area contributed by atoms with Gasteiger partial charge in [-0.05, 0) is 31.2 Å². The van der Waals surface area contributed by atoms with Crippen LogP contribution < -0.4 is 9.47 Å². The second-order valence-electron chi connectivity index (χ2n) is 8.46. The third kappa shape index (κ3) is 5.34. The highest BCUT2D eigenvalue weighted by molar-refractivity contribution is 7.91. The first-order valence-corrected chi connectivity index (χ1v) is 13.5. The molecule has 0 aliphatic carbocycles. The second kappa shape index (κ2) is 11.1. The minimum atomic E-state index is -3.71. The summed E-state index contributed by atoms with van der Waals surface area (Å²) in [7, 11) is -0.649. The fourth-order valence-electron chi connectivity index (χ4n) is 4.08. The molecule has 194 valence electrons. The Kier molecular flexibility index (Phi) is 8.13. The van der Waals surface area contributed by atoms with E-state index in [9.17, 15) is 8.42 Å². The first kappa shape index (κ1) is 26.3. The number of aromatic nitrogens is 4. The molecule has 0 saturated carbocycles. The molecule has 0 N–H and O–H groups in total. The van der Waals surface area contributed by atoms with Crippen LogP contribution >= 0.6 is 11.6 Å². The summed E-state index contributed by atoms with van der Waals surface area (Å²) in [5, 5.41) is 8.34. The van der Waals surface area contributed by atoms with Crippen LogP contribution in [0.4, 0.5) is 0 Å². The molecule has 1 fully saturated rings. The van der Waals surface area contributed by atoms with Crippen molar-refractivity contribution in [2.24, 2.45) is 0 Å². The van der Waals surface area contributed by atoms with Crippen LogP contribution in [0.2, 0.25) is 5.02 Å². The van der Waals surface area contributed by atoms with Gasteiger partial charge in [-0.25, -0.2) is 8.42 Å². The molecule has 1 aliphatic heterocycles. The Morgan fingerprint density at radius 2 is 1.83 bits per heavy atom. The van der Waals surface area contributed by atoms with E-state index in [4.69, 9.17) is 30.5 Å². The molecular weight excluding hydrogens is 508 g/mol. The Morgan fingerprint density at radius 3 is 2.42 bits per heavy atom. The van der Waals surface area contributed by atoms with Gasteiger partial charge in [0.05, 0.1) is 44.3 Å². The summed E-state index contributed by atoms with van der Waals surface area (Å²) >= 11 is 5.95. The molecule has 36 heavy (non-hydrogen) atoms. The van der Waals surface area contributed by atoms with Crippen molar-refractivity contribution in [2.45, 2.75) is 36.9 Å². The summed E-state index contributed by atoms with van der Waals surface area (Å²) in [6.45, 7) is 4.61. The van der Waals surface area contributed by atoms with Crippen LogP contribution in [-0.2, 0) is 25.1 Å². The van der Waals surface area contributed by atoms with Crippen molar-refractivity contribution in [2.75, 3.05) is 34.0 Å². The van der Waals surface area contributed by atoms with Gasteiger partial charge in [-0.3, -0.25) is 9.55 Å². The molecule has 12 heteroatoms. The normalized spacial score (nSPS) is 18.0. The number of rotatable bonds is 9. The number of hydrogen-bond donors (Lipinski definition) is 0. The molecule has 0 amide bonds. The topological polar surface area (TPSA) is 115 Å². The average Bonchev–Trinajstić information content (AvgIpc) is 3.30. The molecule has 3 atom stereocenters. The second-order valence-corrected chi connectivity index (χ2v) is 11.3. The van der Waals surface area contributed by atoms with Crippen molar-refractivity contribution in [1.82, 2.24) is 19.7 Å². The third-order valence-corrected chi connectivity index (χ3v) is 8.73. The number of nitrogens with zero attached hydrogens (tertiary/aromatic N) is 4. The Labute approximate surface area is 215 Å². The molecular formula is C24H29ClN4O6S. The van der Waals surface area contributed by atoms with E-state index >= 15 is 0 Å². The quantitative estimate of drug-likeness (QED) is 0.405. The molecule has 4 rings (SSSR count). The number of pyridine rings is 1. The SMILES string of the molecule is COc1cccc(OC)c1-n1c(CS(=O)(=O)[C@@H](C)[C@H](C)c2ccc(Cl)cn2)nnc1[C@@H]1COCCO1. The van der Waals surface area contributed by atoms with Crippen molar-refractivity contribution in [3.8, 4) is 17.2 Å². The van der Waals surface area contributed by atoms with Gasteiger partial charge in [0.15, 0.2) is 21.5 Å². The Bertz CT molecular complexity index is 1270. The molecule has 3 aromatic rings. The highest BCUT2D eigenvalue weighted by Gasteiger charge is 2.34. The molecule has 0 radical (unpaired) electrons. The summed E-state index contributed by atoms with van der Waals surface area (Å²) in [6.07, 6.45) is 0.975. The van der Waals surface area contributed by atoms with E-state index in [0.717, 1.165) is 0 Å². The van der Waals surface area contributed by atoms with E-state index in [-0.39, 0.29) is 24.1 Å². The largest absolute Gasteiger partial charge is 0.494 e. The zero-order valence-electron chi connectivity index (χ0n) is 20.5. The van der Waals surface area contributed by atoms with E-state index < -0.39 is 21.2 Å². The third-order valence-electron chi connectivity index (χ3n) is 6.30. The maximum atomic E-state index is 13.6. The first-order valence-electron chi connectivity index (χ1n) is 11.4. The van der Waals surface area contributed by atoms with Crippen LogP contribution in [0.3, 0.4) is 0 Å². The van der Waals surface area contributed by atoms with Crippen molar-refractivity contribution < 1.29 is 27.4 Å². The number of hydrogen-bond acceptors (Lipinski definition) is 9. The first-order chi connectivity index (χ1) is 17.3. The molecule has 10 nitrogen and oxygen atoms in total. The summed E-state index contributed by atoms with van der Waals surface area (Å²) in [5.74, 6) is 0.815. The van der Waals surface area contributed by atoms with Crippen LogP contribution in [0.1, 0.15) is 43.2 Å². The van der Waals surface area contributed by atoms with Crippen LogP contribution in [-0.4, -0.2) is 67.5 Å². The van der Waals surface area contributed by atoms with Crippen molar-refractivity contribution >= 4 is 21.4 Å². The lowest BCUT2D eigenvalue weighted by molar-refractivity contribution is -0.0942. The molecule has 2 aromatic heterocycles. The maximum absolute atomic E-state index is 13.6. The minimum absolute atomic E-state index is 0.213. The van der Waals surface area contributed by atoms with E-state index in [1.807, 2.05) is 6.92 Å². The number of ether oxygens (including phenoxy) is 4. The molecule has 1 aromatic carbocycles. The summed E-state index contributed by atoms with van der Waals surface area (Å²) < 4.78 is 51.5. The molecule has 1 aliphatic rings. The molecule has 0 bridgehead atoms. The van der Waals surface area contributed by atoms with Gasteiger partial charge in [-0.2, -0.15) is 0 Å². The minimum Gasteiger partial charge on any atom is -0.494 e. The van der Waals surface area contributed by atoms with E-state index in [1.54, 1.807) is 41.8 Å². The van der Waals surface area contributed by atoms with E-state index in [0.29, 0.717) is 46.9 Å². The van der Waals surface area contributed by atoms with Crippen molar-refractivity contribution in [3.63, 3.8) is 0 Å². The molecule has 1 saturated heterocycles. The molecule has 0 unspecified atom stereocenters. The van der Waals surface area contributed by atoms with E-state index in [1.165, 1.54) is 20.4 Å². The van der Waals surface area contributed by atoms with E-state index in [2.05, 4.69) is 15.2 Å². The van der Waals surface area contributed by atoms with Crippen molar-refractivity contribution in [3.05, 3.63) is 58.9 Å². The highest BCUT2D eigenvalue weighted by atomic mass is 35.5. The summed E-state index contributed by atoms with van der Waals surface area (Å²) in [4.78, 5) is 4.30. The van der Waals surface area contributed by atoms with Gasteiger partial charge in [0, 0.05) is 17.8 Å². The van der Waals surface area contributed by atoms with Crippen LogP contribution in [0.15, 0.2) is 36.5 Å². The van der Waals surface area contributed by atoms with Crippen molar-refractivity contribution in [1.29, 1.82) is 0 Å². The van der Waals surface area contributed by atoms with Crippen LogP contribution in [0, 0.1) is 0 Å². The Morgan fingerprint density at radius 1 is 1.11 bits per heavy atom. The fraction of sp³-hybridized carbons (Fsp3) is 0.458. The maximum Gasteiger partial charge on any atom is 0.169 e. The smallest absolute Gasteiger partial charge is 0.169 e. The Hall–Kier alpha value is -2.73. The standard InChI is InChI=1S/C24H29ClN4O6S/c1-15(18-9-8-17(25)12-26-18)16(2)36(30,31)14-22-27-28-24(21-13-34-10-11-35-21)29(22)23-19(32-3)6-5-7-20(23)33-4/h5-9,12,15-16,21H,10-11,13-14H2,1-4H3/t15-,16-,21-/m0/s1. The summed E-state index contributed by atoms with van der Waals surface area (Å²) in [6, 6.07) is 8.73. The predicted octanol–water partition coefficient (Wildman–Crippen LogP) is 3.53. The zero-order valence-corrected chi connectivity index (χ0v) is 22.1. The summed E-state index contributed by atoms with van der Waals surface area (Å²) in [5.41, 5.74) is 1.12. The predicted molar refractivity (Wildman–Crippen MR) is 134 cm³/mol. The lowest BCUT2D eigenvalue weighted by Crippen LogP contribution is -2.28. The lowest BCUT2D eigenvalue weighted by atomic mass is 10.0. The van der Waals surface area contributed by atoms with Gasteiger partial charge < -0.3 is 18.9 Å². The monoisotopic (exact) mass is 536 g/mol. The van der Waals surface area contributed by atoms with Gasteiger partial charge in [-0.15, -0.1) is 10.2 Å². The molecule has 3 heterocycles. The Balaban J connectivity index is 1.77. The van der Waals surface area contributed by atoms with Gasteiger partial charge in [-0.1, -0.05) is 24.6 Å².